The molecule has 3 amide bonds. The van der Waals surface area contributed by atoms with Crippen molar-refractivity contribution in [2.45, 2.75) is 70.6 Å². The molecular formula is C19H37N5O5S. The Morgan fingerprint density at radius 2 is 1.43 bits per heavy atom. The molecule has 0 aliphatic rings. The summed E-state index contributed by atoms with van der Waals surface area (Å²) in [5.74, 6) is -2.41. The molecule has 174 valence electrons. The zero-order chi connectivity index (χ0) is 23.3. The van der Waals surface area contributed by atoms with E-state index in [1.165, 1.54) is 18.7 Å². The summed E-state index contributed by atoms with van der Waals surface area (Å²) in [6.45, 7) is 5.32. The zero-order valence-electron chi connectivity index (χ0n) is 18.3. The first-order valence-electron chi connectivity index (χ1n) is 10.1. The van der Waals surface area contributed by atoms with Gasteiger partial charge in [-0.3, -0.25) is 14.4 Å². The number of aliphatic carboxylic acids is 1. The number of amides is 3. The average Bonchev–Trinajstić information content (AvgIpc) is 2.67. The predicted molar refractivity (Wildman–Crippen MR) is 118 cm³/mol. The van der Waals surface area contributed by atoms with E-state index in [-0.39, 0.29) is 5.92 Å². The van der Waals surface area contributed by atoms with Crippen LogP contribution in [-0.2, 0) is 19.2 Å². The van der Waals surface area contributed by atoms with Crippen LogP contribution in [0.5, 0.6) is 0 Å². The lowest BCUT2D eigenvalue weighted by Gasteiger charge is -2.26. The molecule has 0 saturated carbocycles. The van der Waals surface area contributed by atoms with Gasteiger partial charge in [0, 0.05) is 0 Å². The maximum atomic E-state index is 12.8. The third-order valence-corrected chi connectivity index (χ3v) is 5.11. The number of thioether (sulfide) groups is 1. The quantitative estimate of drug-likeness (QED) is 0.180. The van der Waals surface area contributed by atoms with Gasteiger partial charge in [-0.05, 0) is 57.1 Å². The normalized spacial score (nSPS) is 15.0. The first kappa shape index (κ1) is 28.1. The second kappa shape index (κ2) is 15.0. The third kappa shape index (κ3) is 10.8. The van der Waals surface area contributed by atoms with Crippen LogP contribution in [0.15, 0.2) is 0 Å². The fourth-order valence-electron chi connectivity index (χ4n) is 2.61. The molecule has 0 saturated heterocycles. The summed E-state index contributed by atoms with van der Waals surface area (Å²) in [6, 6.07) is -3.63. The lowest BCUT2D eigenvalue weighted by molar-refractivity contribution is -0.143. The van der Waals surface area contributed by atoms with Gasteiger partial charge in [-0.2, -0.15) is 11.8 Å². The highest BCUT2D eigenvalue weighted by Gasteiger charge is 2.30. The number of hydrogen-bond donors (Lipinski definition) is 6. The van der Waals surface area contributed by atoms with E-state index in [2.05, 4.69) is 16.0 Å². The number of nitrogens with two attached hydrogens (primary N) is 2. The lowest BCUT2D eigenvalue weighted by atomic mass is 10.0. The first-order valence-corrected chi connectivity index (χ1v) is 11.5. The van der Waals surface area contributed by atoms with Crippen LogP contribution in [0.2, 0.25) is 0 Å². The van der Waals surface area contributed by atoms with Gasteiger partial charge >= 0.3 is 5.97 Å². The Morgan fingerprint density at radius 3 is 1.90 bits per heavy atom. The van der Waals surface area contributed by atoms with E-state index in [1.807, 2.05) is 6.26 Å². The Bertz CT molecular complexity index is 574. The largest absolute Gasteiger partial charge is 0.480 e. The molecule has 10 nitrogen and oxygen atoms in total. The minimum Gasteiger partial charge on any atom is -0.480 e. The minimum atomic E-state index is -1.15. The van der Waals surface area contributed by atoms with Gasteiger partial charge in [0.1, 0.15) is 18.1 Å². The highest BCUT2D eigenvalue weighted by Crippen LogP contribution is 2.08. The number of nitrogens with one attached hydrogen (secondary N) is 3. The van der Waals surface area contributed by atoms with Crippen LogP contribution in [0.1, 0.15) is 46.5 Å². The van der Waals surface area contributed by atoms with Gasteiger partial charge in [0.15, 0.2) is 0 Å². The number of carboxylic acid groups (broad SMARTS) is 1. The Balaban J connectivity index is 5.36. The summed E-state index contributed by atoms with van der Waals surface area (Å²) in [7, 11) is 0. The Kier molecular flexibility index (Phi) is 14.1. The summed E-state index contributed by atoms with van der Waals surface area (Å²) in [5.41, 5.74) is 11.1. The molecule has 0 radical (unpaired) electrons. The Morgan fingerprint density at radius 1 is 0.900 bits per heavy atom. The monoisotopic (exact) mass is 447 g/mol. The summed E-state index contributed by atoms with van der Waals surface area (Å²) in [5, 5.41) is 17.1. The predicted octanol–water partition coefficient (Wildman–Crippen LogP) is -0.589. The second-order valence-electron chi connectivity index (χ2n) is 7.55. The number of rotatable bonds is 15. The van der Waals surface area contributed by atoms with Gasteiger partial charge < -0.3 is 32.5 Å². The minimum absolute atomic E-state index is 0.301. The summed E-state index contributed by atoms with van der Waals surface area (Å²) in [4.78, 5) is 48.9. The van der Waals surface area contributed by atoms with Crippen molar-refractivity contribution in [3.05, 3.63) is 0 Å². The Labute approximate surface area is 182 Å². The summed E-state index contributed by atoms with van der Waals surface area (Å²) in [6.07, 6.45) is 3.78. The van der Waals surface area contributed by atoms with Crippen LogP contribution in [-0.4, -0.2) is 71.5 Å². The van der Waals surface area contributed by atoms with Gasteiger partial charge in [0.05, 0.1) is 6.04 Å². The Hall–Kier alpha value is -1.85. The number of carboxylic acids is 1. The maximum absolute atomic E-state index is 12.8. The van der Waals surface area contributed by atoms with Crippen LogP contribution in [0, 0.1) is 5.92 Å². The number of carbonyl (C=O) groups is 4. The molecule has 0 aromatic carbocycles. The van der Waals surface area contributed by atoms with Crippen molar-refractivity contribution in [3.8, 4) is 0 Å². The molecule has 30 heavy (non-hydrogen) atoms. The molecule has 0 aromatic heterocycles. The fraction of sp³-hybridized carbons (Fsp3) is 0.789. The molecular weight excluding hydrogens is 410 g/mol. The van der Waals surface area contributed by atoms with Gasteiger partial charge in [-0.15, -0.1) is 0 Å². The van der Waals surface area contributed by atoms with Crippen molar-refractivity contribution < 1.29 is 24.3 Å². The topological polar surface area (TPSA) is 177 Å². The van der Waals surface area contributed by atoms with Crippen LogP contribution < -0.4 is 27.4 Å². The average molecular weight is 448 g/mol. The van der Waals surface area contributed by atoms with Gasteiger partial charge in [0.25, 0.3) is 0 Å². The number of unbranched alkanes of at least 4 members (excludes halogenated alkanes) is 1. The molecule has 8 N–H and O–H groups in total. The standard InChI is InChI=1S/C19H37N5O5S/c1-11(2)15(19(28)29)24-18(27)13(7-5-6-9-20)23-17(26)14(8-10-30-4)22-16(25)12(3)21/h11-15H,5-10,20-21H2,1-4H3,(H,22,25)(H,23,26)(H,24,27)(H,28,29). The third-order valence-electron chi connectivity index (χ3n) is 4.47. The van der Waals surface area contributed by atoms with Crippen molar-refractivity contribution in [1.82, 2.24) is 16.0 Å². The first-order chi connectivity index (χ1) is 14.0. The molecule has 0 rings (SSSR count). The maximum Gasteiger partial charge on any atom is 0.326 e. The second-order valence-corrected chi connectivity index (χ2v) is 8.53. The van der Waals surface area contributed by atoms with Crippen molar-refractivity contribution in [3.63, 3.8) is 0 Å². The molecule has 4 atom stereocenters. The molecule has 0 aliphatic carbocycles. The van der Waals surface area contributed by atoms with E-state index >= 15 is 0 Å². The SMILES string of the molecule is CSCCC(NC(=O)C(C)N)C(=O)NC(CCCCN)C(=O)NC(C(=O)O)C(C)C. The van der Waals surface area contributed by atoms with E-state index in [0.29, 0.717) is 38.0 Å². The fourth-order valence-corrected chi connectivity index (χ4v) is 3.08. The summed E-state index contributed by atoms with van der Waals surface area (Å²) >= 11 is 1.52. The molecule has 0 fully saturated rings. The van der Waals surface area contributed by atoms with Crippen LogP contribution in [0.4, 0.5) is 0 Å². The number of hydrogen-bond acceptors (Lipinski definition) is 7. The van der Waals surface area contributed by atoms with Crippen molar-refractivity contribution in [2.75, 3.05) is 18.6 Å². The lowest BCUT2D eigenvalue weighted by Crippen LogP contribution is -2.57. The molecule has 0 heterocycles. The van der Waals surface area contributed by atoms with Crippen molar-refractivity contribution in [2.24, 2.45) is 17.4 Å². The van der Waals surface area contributed by atoms with Crippen LogP contribution in [0.3, 0.4) is 0 Å². The molecule has 0 aliphatic heterocycles. The van der Waals surface area contributed by atoms with Crippen molar-refractivity contribution >= 4 is 35.5 Å². The van der Waals surface area contributed by atoms with E-state index in [0.717, 1.165) is 0 Å². The van der Waals surface area contributed by atoms with E-state index < -0.39 is 47.9 Å². The zero-order valence-corrected chi connectivity index (χ0v) is 19.1. The molecule has 11 heteroatoms. The van der Waals surface area contributed by atoms with E-state index in [9.17, 15) is 24.3 Å². The summed E-state index contributed by atoms with van der Waals surface area (Å²) < 4.78 is 0. The highest BCUT2D eigenvalue weighted by atomic mass is 32.2. The molecule has 4 unspecified atom stereocenters. The van der Waals surface area contributed by atoms with Gasteiger partial charge in [0.2, 0.25) is 17.7 Å². The van der Waals surface area contributed by atoms with Gasteiger partial charge in [-0.25, -0.2) is 4.79 Å². The van der Waals surface area contributed by atoms with Crippen LogP contribution >= 0.6 is 11.8 Å². The molecule has 0 bridgehead atoms. The van der Waals surface area contributed by atoms with E-state index in [1.54, 1.807) is 13.8 Å². The van der Waals surface area contributed by atoms with E-state index in [4.69, 9.17) is 11.5 Å². The van der Waals surface area contributed by atoms with Crippen molar-refractivity contribution in [1.29, 1.82) is 0 Å². The highest BCUT2D eigenvalue weighted by molar-refractivity contribution is 7.98. The van der Waals surface area contributed by atoms with Gasteiger partial charge in [-0.1, -0.05) is 13.8 Å². The number of carbonyl (C=O) groups excluding carboxylic acids is 3. The molecule has 0 spiro atoms. The molecule has 0 aromatic rings. The smallest absolute Gasteiger partial charge is 0.326 e. The van der Waals surface area contributed by atoms with Crippen LogP contribution in [0.25, 0.3) is 0 Å².